The van der Waals surface area contributed by atoms with Gasteiger partial charge < -0.3 is 9.64 Å². The van der Waals surface area contributed by atoms with E-state index in [1.165, 1.54) is 4.90 Å². The average Bonchev–Trinajstić information content (AvgIpc) is 2.40. The van der Waals surface area contributed by atoms with Gasteiger partial charge in [0.1, 0.15) is 5.82 Å². The van der Waals surface area contributed by atoms with Gasteiger partial charge in [-0.15, -0.1) is 0 Å². The molecular formula is C11H12BrFN2O4S. The number of morpholine rings is 1. The largest absolute Gasteiger partial charge is 0.378 e. The second-order valence-electron chi connectivity index (χ2n) is 4.22. The number of hydrogen-bond acceptors (Lipinski definition) is 4. The van der Waals surface area contributed by atoms with Crippen LogP contribution in [0.1, 0.15) is 10.4 Å². The van der Waals surface area contributed by atoms with Crippen molar-refractivity contribution in [1.29, 1.82) is 0 Å². The maximum atomic E-state index is 13.7. The lowest BCUT2D eigenvalue weighted by Gasteiger charge is -2.27. The number of amides is 1. The molecule has 0 atom stereocenters. The molecular weight excluding hydrogens is 355 g/mol. The number of carbonyl (C=O) groups excluding carboxylic acids is 1. The van der Waals surface area contributed by atoms with E-state index in [1.807, 2.05) is 0 Å². The summed E-state index contributed by atoms with van der Waals surface area (Å²) in [4.78, 5) is 13.2. The molecule has 0 radical (unpaired) electrons. The number of carbonyl (C=O) groups is 1. The maximum Gasteiger partial charge on any atom is 0.254 e. The first-order valence-electron chi connectivity index (χ1n) is 5.69. The van der Waals surface area contributed by atoms with E-state index in [0.29, 0.717) is 26.3 Å². The van der Waals surface area contributed by atoms with Gasteiger partial charge in [0.05, 0.1) is 22.6 Å². The summed E-state index contributed by atoms with van der Waals surface area (Å²) in [5.74, 6) is -1.31. The molecule has 1 fully saturated rings. The third kappa shape index (κ3) is 3.17. The SMILES string of the molecule is NS(=O)(=O)c1cc(C(=O)N2CCOCC2)cc(F)c1Br. The highest BCUT2D eigenvalue weighted by Crippen LogP contribution is 2.26. The molecule has 20 heavy (non-hydrogen) atoms. The smallest absolute Gasteiger partial charge is 0.254 e. The molecule has 0 saturated carbocycles. The zero-order chi connectivity index (χ0) is 14.9. The molecule has 1 aliphatic rings. The third-order valence-electron chi connectivity index (χ3n) is 2.85. The molecule has 0 unspecified atom stereocenters. The summed E-state index contributed by atoms with van der Waals surface area (Å²) >= 11 is 2.82. The molecule has 2 N–H and O–H groups in total. The number of benzene rings is 1. The van der Waals surface area contributed by atoms with Gasteiger partial charge in [-0.2, -0.15) is 0 Å². The Morgan fingerprint density at radius 1 is 1.35 bits per heavy atom. The van der Waals surface area contributed by atoms with Gasteiger partial charge in [0, 0.05) is 18.7 Å². The van der Waals surface area contributed by atoms with Crippen molar-refractivity contribution in [2.75, 3.05) is 26.3 Å². The Balaban J connectivity index is 2.42. The van der Waals surface area contributed by atoms with E-state index in [-0.39, 0.29) is 10.0 Å². The van der Waals surface area contributed by atoms with E-state index in [4.69, 9.17) is 9.88 Å². The van der Waals surface area contributed by atoms with Crippen LogP contribution in [0.2, 0.25) is 0 Å². The third-order valence-corrected chi connectivity index (χ3v) is 4.85. The number of nitrogens with zero attached hydrogens (tertiary/aromatic N) is 1. The van der Waals surface area contributed by atoms with Crippen LogP contribution < -0.4 is 5.14 Å². The highest BCUT2D eigenvalue weighted by molar-refractivity contribution is 9.10. The van der Waals surface area contributed by atoms with Crippen molar-refractivity contribution in [3.63, 3.8) is 0 Å². The van der Waals surface area contributed by atoms with E-state index in [9.17, 15) is 17.6 Å². The number of sulfonamides is 1. The minimum Gasteiger partial charge on any atom is -0.378 e. The van der Waals surface area contributed by atoms with Gasteiger partial charge in [-0.3, -0.25) is 4.79 Å². The fourth-order valence-electron chi connectivity index (χ4n) is 1.84. The van der Waals surface area contributed by atoms with Crippen molar-refractivity contribution < 1.29 is 22.3 Å². The van der Waals surface area contributed by atoms with Crippen molar-refractivity contribution in [2.24, 2.45) is 5.14 Å². The molecule has 1 heterocycles. The first-order chi connectivity index (χ1) is 9.30. The number of hydrogen-bond donors (Lipinski definition) is 1. The van der Waals surface area contributed by atoms with Crippen molar-refractivity contribution in [3.05, 3.63) is 28.0 Å². The number of rotatable bonds is 2. The van der Waals surface area contributed by atoms with E-state index >= 15 is 0 Å². The molecule has 1 amide bonds. The monoisotopic (exact) mass is 366 g/mol. The van der Waals surface area contributed by atoms with Crippen LogP contribution in [-0.2, 0) is 14.8 Å². The van der Waals surface area contributed by atoms with Crippen LogP contribution in [0.5, 0.6) is 0 Å². The number of nitrogens with two attached hydrogens (primary N) is 1. The standard InChI is InChI=1S/C11H12BrFN2O4S/c12-10-8(13)5-7(6-9(10)20(14,17)18)11(16)15-1-3-19-4-2-15/h5-6H,1-4H2,(H2,14,17,18). The molecule has 0 aromatic heterocycles. The van der Waals surface area contributed by atoms with Crippen molar-refractivity contribution >= 4 is 31.9 Å². The lowest BCUT2D eigenvalue weighted by atomic mass is 10.2. The lowest BCUT2D eigenvalue weighted by Crippen LogP contribution is -2.40. The maximum absolute atomic E-state index is 13.7. The molecule has 6 nitrogen and oxygen atoms in total. The first kappa shape index (κ1) is 15.4. The van der Waals surface area contributed by atoms with Crippen LogP contribution in [0.15, 0.2) is 21.5 Å². The van der Waals surface area contributed by atoms with Crippen molar-refractivity contribution in [3.8, 4) is 0 Å². The number of ether oxygens (including phenoxy) is 1. The predicted octanol–water partition coefficient (Wildman–Crippen LogP) is 0.708. The summed E-state index contributed by atoms with van der Waals surface area (Å²) in [6.45, 7) is 1.54. The summed E-state index contributed by atoms with van der Waals surface area (Å²) < 4.78 is 41.4. The fourth-order valence-corrected chi connectivity index (χ4v) is 3.39. The van der Waals surface area contributed by atoms with Crippen molar-refractivity contribution in [1.82, 2.24) is 4.90 Å². The predicted molar refractivity (Wildman–Crippen MR) is 72.2 cm³/mol. The minimum atomic E-state index is -4.13. The highest BCUT2D eigenvalue weighted by Gasteiger charge is 2.24. The van der Waals surface area contributed by atoms with Gasteiger partial charge in [-0.1, -0.05) is 0 Å². The average molecular weight is 367 g/mol. The van der Waals surface area contributed by atoms with Gasteiger partial charge in [-0.05, 0) is 28.1 Å². The quantitative estimate of drug-likeness (QED) is 0.834. The van der Waals surface area contributed by atoms with Crippen LogP contribution >= 0.6 is 15.9 Å². The zero-order valence-electron chi connectivity index (χ0n) is 10.3. The summed E-state index contributed by atoms with van der Waals surface area (Å²) in [6.07, 6.45) is 0. The fraction of sp³-hybridized carbons (Fsp3) is 0.364. The van der Waals surface area contributed by atoms with E-state index in [0.717, 1.165) is 12.1 Å². The van der Waals surface area contributed by atoms with Crippen LogP contribution in [0, 0.1) is 5.82 Å². The Morgan fingerprint density at radius 3 is 2.50 bits per heavy atom. The second-order valence-corrected chi connectivity index (χ2v) is 6.54. The van der Waals surface area contributed by atoms with E-state index < -0.39 is 26.6 Å². The molecule has 1 saturated heterocycles. The Morgan fingerprint density at radius 2 is 1.95 bits per heavy atom. The lowest BCUT2D eigenvalue weighted by molar-refractivity contribution is 0.0302. The minimum absolute atomic E-state index is 0.0587. The molecule has 0 aliphatic carbocycles. The number of primary sulfonamides is 1. The molecule has 1 aromatic carbocycles. The van der Waals surface area contributed by atoms with Crippen LogP contribution in [0.25, 0.3) is 0 Å². The molecule has 0 bridgehead atoms. The summed E-state index contributed by atoms with van der Waals surface area (Å²) in [5, 5.41) is 5.00. The molecule has 110 valence electrons. The second kappa shape index (κ2) is 5.76. The van der Waals surface area contributed by atoms with Gasteiger partial charge >= 0.3 is 0 Å². The first-order valence-corrected chi connectivity index (χ1v) is 8.03. The van der Waals surface area contributed by atoms with Gasteiger partial charge in [0.25, 0.3) is 5.91 Å². The summed E-state index contributed by atoms with van der Waals surface area (Å²) in [6, 6.07) is 2.05. The highest BCUT2D eigenvalue weighted by atomic mass is 79.9. The summed E-state index contributed by atoms with van der Waals surface area (Å²) in [5.41, 5.74) is -0.0587. The van der Waals surface area contributed by atoms with E-state index in [2.05, 4.69) is 15.9 Å². The molecule has 1 aliphatic heterocycles. The van der Waals surface area contributed by atoms with Gasteiger partial charge in [0.2, 0.25) is 10.0 Å². The van der Waals surface area contributed by atoms with Crippen LogP contribution in [0.3, 0.4) is 0 Å². The Labute approximate surface area is 123 Å². The van der Waals surface area contributed by atoms with Crippen molar-refractivity contribution in [2.45, 2.75) is 4.90 Å². The number of halogens is 2. The Hall–Kier alpha value is -1.03. The molecule has 9 heteroatoms. The topological polar surface area (TPSA) is 89.7 Å². The molecule has 2 rings (SSSR count). The Bertz CT molecular complexity index is 644. The summed E-state index contributed by atoms with van der Waals surface area (Å²) in [7, 11) is -4.13. The molecule has 0 spiro atoms. The van der Waals surface area contributed by atoms with Gasteiger partial charge in [0.15, 0.2) is 0 Å². The van der Waals surface area contributed by atoms with E-state index in [1.54, 1.807) is 0 Å². The normalized spacial score (nSPS) is 16.2. The molecule has 1 aromatic rings. The van der Waals surface area contributed by atoms with Crippen LogP contribution in [-0.4, -0.2) is 45.5 Å². The Kier molecular flexibility index (Phi) is 4.43. The zero-order valence-corrected chi connectivity index (χ0v) is 12.7. The van der Waals surface area contributed by atoms with Crippen LogP contribution in [0.4, 0.5) is 4.39 Å². The van der Waals surface area contributed by atoms with Gasteiger partial charge in [-0.25, -0.2) is 17.9 Å².